The Kier molecular flexibility index (Phi) is 3.14. The van der Waals surface area contributed by atoms with Gasteiger partial charge in [-0.15, -0.1) is 0 Å². The molecule has 0 atom stereocenters. The number of methoxy groups -OCH3 is 2. The van der Waals surface area contributed by atoms with E-state index in [1.807, 2.05) is 12.1 Å². The third kappa shape index (κ3) is 2.37. The lowest BCUT2D eigenvalue weighted by atomic mass is 10.2. The lowest BCUT2D eigenvalue weighted by Gasteiger charge is -2.04. The van der Waals surface area contributed by atoms with Crippen molar-refractivity contribution in [3.05, 3.63) is 23.8 Å². The van der Waals surface area contributed by atoms with Crippen LogP contribution in [0.2, 0.25) is 0 Å². The van der Waals surface area contributed by atoms with Crippen LogP contribution in [0.1, 0.15) is 5.56 Å². The summed E-state index contributed by atoms with van der Waals surface area (Å²) in [7, 11) is 3.19. The van der Waals surface area contributed by atoms with Crippen LogP contribution in [0.15, 0.2) is 23.3 Å². The maximum absolute atomic E-state index is 5.06. The molecule has 1 rings (SSSR count). The molecular formula is C9H12N2O2. The number of hydrazone groups is 1. The SMILES string of the molecule is COc1cc(/C=N\N)cc(OC)c1. The minimum absolute atomic E-state index is 0.717. The van der Waals surface area contributed by atoms with Crippen molar-refractivity contribution in [3.8, 4) is 11.5 Å². The second-order valence-electron chi connectivity index (χ2n) is 2.42. The Morgan fingerprint density at radius 2 is 1.69 bits per heavy atom. The summed E-state index contributed by atoms with van der Waals surface area (Å²) in [5.41, 5.74) is 0.846. The monoisotopic (exact) mass is 180 g/mol. The summed E-state index contributed by atoms with van der Waals surface area (Å²) < 4.78 is 10.1. The Morgan fingerprint density at radius 1 is 1.15 bits per heavy atom. The van der Waals surface area contributed by atoms with Gasteiger partial charge >= 0.3 is 0 Å². The van der Waals surface area contributed by atoms with Gasteiger partial charge in [-0.3, -0.25) is 0 Å². The zero-order valence-electron chi connectivity index (χ0n) is 7.65. The standard InChI is InChI=1S/C9H12N2O2/c1-12-8-3-7(6-11-10)4-9(5-8)13-2/h3-6H,10H2,1-2H3/b11-6-. The zero-order chi connectivity index (χ0) is 9.68. The van der Waals surface area contributed by atoms with Crippen LogP contribution < -0.4 is 15.3 Å². The first-order valence-electron chi connectivity index (χ1n) is 3.76. The molecule has 4 nitrogen and oxygen atoms in total. The Labute approximate surface area is 77.0 Å². The zero-order valence-corrected chi connectivity index (χ0v) is 7.65. The van der Waals surface area contributed by atoms with Crippen molar-refractivity contribution in [2.24, 2.45) is 10.9 Å². The second-order valence-corrected chi connectivity index (χ2v) is 2.42. The normalized spacial score (nSPS) is 10.3. The summed E-state index contributed by atoms with van der Waals surface area (Å²) in [6, 6.07) is 5.42. The van der Waals surface area contributed by atoms with E-state index in [4.69, 9.17) is 15.3 Å². The van der Waals surface area contributed by atoms with Crippen LogP contribution in [0.5, 0.6) is 11.5 Å². The van der Waals surface area contributed by atoms with Gasteiger partial charge in [0.2, 0.25) is 0 Å². The highest BCUT2D eigenvalue weighted by Crippen LogP contribution is 2.21. The molecule has 0 aliphatic rings. The van der Waals surface area contributed by atoms with E-state index in [9.17, 15) is 0 Å². The van der Waals surface area contributed by atoms with Gasteiger partial charge in [0.05, 0.1) is 20.4 Å². The van der Waals surface area contributed by atoms with Crippen molar-refractivity contribution in [1.29, 1.82) is 0 Å². The van der Waals surface area contributed by atoms with E-state index in [-0.39, 0.29) is 0 Å². The molecule has 0 radical (unpaired) electrons. The highest BCUT2D eigenvalue weighted by atomic mass is 16.5. The fourth-order valence-electron chi connectivity index (χ4n) is 0.990. The van der Waals surface area contributed by atoms with Gasteiger partial charge in [-0.25, -0.2) is 0 Å². The summed E-state index contributed by atoms with van der Waals surface area (Å²) in [6.07, 6.45) is 1.53. The molecule has 0 fully saturated rings. The average molecular weight is 180 g/mol. The van der Waals surface area contributed by atoms with E-state index in [2.05, 4.69) is 5.10 Å². The molecule has 0 saturated carbocycles. The molecule has 0 unspecified atom stereocenters. The van der Waals surface area contributed by atoms with Crippen LogP contribution in [-0.2, 0) is 0 Å². The molecule has 13 heavy (non-hydrogen) atoms. The van der Waals surface area contributed by atoms with E-state index in [1.165, 1.54) is 6.21 Å². The molecule has 0 heterocycles. The number of benzene rings is 1. The third-order valence-corrected chi connectivity index (χ3v) is 1.60. The first-order chi connectivity index (χ1) is 6.30. The van der Waals surface area contributed by atoms with E-state index in [0.29, 0.717) is 11.5 Å². The van der Waals surface area contributed by atoms with Gasteiger partial charge in [0.1, 0.15) is 11.5 Å². The van der Waals surface area contributed by atoms with E-state index in [0.717, 1.165) is 5.56 Å². The lowest BCUT2D eigenvalue weighted by molar-refractivity contribution is 0.394. The van der Waals surface area contributed by atoms with Crippen LogP contribution in [-0.4, -0.2) is 20.4 Å². The van der Waals surface area contributed by atoms with Crippen LogP contribution in [0.3, 0.4) is 0 Å². The summed E-state index contributed by atoms with van der Waals surface area (Å²) in [5, 5.41) is 3.42. The molecule has 2 N–H and O–H groups in total. The van der Waals surface area contributed by atoms with Gasteiger partial charge in [-0.05, 0) is 12.1 Å². The summed E-state index contributed by atoms with van der Waals surface area (Å²) in [4.78, 5) is 0. The number of nitrogens with two attached hydrogens (primary N) is 1. The Bertz CT molecular complexity index is 288. The van der Waals surface area contributed by atoms with Gasteiger partial charge in [0, 0.05) is 11.6 Å². The van der Waals surface area contributed by atoms with Crippen molar-refractivity contribution >= 4 is 6.21 Å². The number of nitrogens with zero attached hydrogens (tertiary/aromatic N) is 1. The molecule has 0 amide bonds. The van der Waals surface area contributed by atoms with Crippen LogP contribution in [0.4, 0.5) is 0 Å². The lowest BCUT2D eigenvalue weighted by Crippen LogP contribution is -1.91. The molecule has 0 aliphatic carbocycles. The highest BCUT2D eigenvalue weighted by Gasteiger charge is 1.98. The smallest absolute Gasteiger partial charge is 0.123 e. The molecular weight excluding hydrogens is 168 g/mol. The largest absolute Gasteiger partial charge is 0.497 e. The number of rotatable bonds is 3. The maximum atomic E-state index is 5.06. The molecule has 0 bridgehead atoms. The Balaban J connectivity index is 3.07. The quantitative estimate of drug-likeness (QED) is 0.429. The predicted octanol–water partition coefficient (Wildman–Crippen LogP) is 0.996. The fourth-order valence-corrected chi connectivity index (χ4v) is 0.990. The van der Waals surface area contributed by atoms with E-state index in [1.54, 1.807) is 20.3 Å². The van der Waals surface area contributed by atoms with E-state index >= 15 is 0 Å². The van der Waals surface area contributed by atoms with Crippen LogP contribution in [0, 0.1) is 0 Å². The Morgan fingerprint density at radius 3 is 2.08 bits per heavy atom. The molecule has 4 heteroatoms. The summed E-state index contributed by atoms with van der Waals surface area (Å²) >= 11 is 0. The van der Waals surface area contributed by atoms with E-state index < -0.39 is 0 Å². The predicted molar refractivity (Wildman–Crippen MR) is 51.3 cm³/mol. The van der Waals surface area contributed by atoms with Crippen molar-refractivity contribution in [2.75, 3.05) is 14.2 Å². The average Bonchev–Trinajstić information content (AvgIpc) is 2.17. The van der Waals surface area contributed by atoms with Crippen molar-refractivity contribution < 1.29 is 9.47 Å². The first-order valence-corrected chi connectivity index (χ1v) is 3.76. The van der Waals surface area contributed by atoms with Crippen LogP contribution >= 0.6 is 0 Å². The minimum Gasteiger partial charge on any atom is -0.497 e. The molecule has 1 aromatic rings. The van der Waals surface area contributed by atoms with Gasteiger partial charge in [-0.1, -0.05) is 0 Å². The maximum Gasteiger partial charge on any atom is 0.123 e. The van der Waals surface area contributed by atoms with Gasteiger partial charge < -0.3 is 15.3 Å². The number of hydrogen-bond donors (Lipinski definition) is 1. The highest BCUT2D eigenvalue weighted by molar-refractivity contribution is 5.80. The first kappa shape index (κ1) is 9.38. The summed E-state index contributed by atoms with van der Waals surface area (Å²) in [5.74, 6) is 6.47. The molecule has 70 valence electrons. The number of hydrogen-bond acceptors (Lipinski definition) is 4. The molecule has 1 aromatic carbocycles. The van der Waals surface area contributed by atoms with Crippen molar-refractivity contribution in [1.82, 2.24) is 0 Å². The van der Waals surface area contributed by atoms with Crippen LogP contribution in [0.25, 0.3) is 0 Å². The van der Waals surface area contributed by atoms with Gasteiger partial charge in [0.25, 0.3) is 0 Å². The number of ether oxygens (including phenoxy) is 2. The topological polar surface area (TPSA) is 56.8 Å². The Hall–Kier alpha value is -1.71. The molecule has 0 aliphatic heterocycles. The molecule has 0 aromatic heterocycles. The fraction of sp³-hybridized carbons (Fsp3) is 0.222. The second kappa shape index (κ2) is 4.35. The van der Waals surface area contributed by atoms with Gasteiger partial charge in [0.15, 0.2) is 0 Å². The third-order valence-electron chi connectivity index (χ3n) is 1.60. The van der Waals surface area contributed by atoms with Crippen molar-refractivity contribution in [3.63, 3.8) is 0 Å². The molecule has 0 saturated heterocycles. The van der Waals surface area contributed by atoms with Crippen molar-refractivity contribution in [2.45, 2.75) is 0 Å². The van der Waals surface area contributed by atoms with Gasteiger partial charge in [-0.2, -0.15) is 5.10 Å². The minimum atomic E-state index is 0.717. The summed E-state index contributed by atoms with van der Waals surface area (Å²) in [6.45, 7) is 0. The molecule has 0 spiro atoms.